The predicted molar refractivity (Wildman–Crippen MR) is 124 cm³/mol. The van der Waals surface area contributed by atoms with Crippen molar-refractivity contribution in [2.24, 2.45) is 0 Å². The third-order valence-corrected chi connectivity index (χ3v) is 5.72. The molecule has 0 aromatic heterocycles. The van der Waals surface area contributed by atoms with Crippen molar-refractivity contribution in [3.8, 4) is 17.2 Å². The van der Waals surface area contributed by atoms with Crippen molar-refractivity contribution in [3.63, 3.8) is 0 Å². The molecule has 5 rings (SSSR count). The molecule has 0 fully saturated rings. The Labute approximate surface area is 193 Å². The molecule has 4 aromatic rings. The van der Waals surface area contributed by atoms with E-state index >= 15 is 0 Å². The number of anilines is 2. The largest absolute Gasteiger partial charge is 0.507 e. The Balaban J connectivity index is 1.53. The summed E-state index contributed by atoms with van der Waals surface area (Å²) < 4.78 is 0. The Morgan fingerprint density at radius 1 is 0.559 bits per heavy atom. The topological polar surface area (TPSA) is 124 Å². The van der Waals surface area contributed by atoms with E-state index < -0.39 is 28.8 Å². The summed E-state index contributed by atoms with van der Waals surface area (Å²) in [5.74, 6) is -2.96. The van der Waals surface area contributed by atoms with E-state index in [0.717, 1.165) is 12.1 Å². The lowest BCUT2D eigenvalue weighted by atomic mass is 9.81. The first kappa shape index (κ1) is 21.0. The molecule has 0 unspecified atom stereocenters. The van der Waals surface area contributed by atoms with E-state index in [0.29, 0.717) is 16.8 Å². The number of carbonyl (C=O) groups excluding carboxylic acids is 3. The van der Waals surface area contributed by atoms with Gasteiger partial charge in [-0.3, -0.25) is 14.4 Å². The number of phenols is 3. The van der Waals surface area contributed by atoms with Crippen LogP contribution < -0.4 is 5.32 Å². The molecular formula is C27H17NO6. The quantitative estimate of drug-likeness (QED) is 0.233. The molecule has 0 radical (unpaired) electrons. The summed E-state index contributed by atoms with van der Waals surface area (Å²) >= 11 is 0. The first-order valence-electron chi connectivity index (χ1n) is 10.3. The van der Waals surface area contributed by atoms with Gasteiger partial charge >= 0.3 is 0 Å². The van der Waals surface area contributed by atoms with Gasteiger partial charge in [0.05, 0.1) is 27.9 Å². The van der Waals surface area contributed by atoms with Crippen molar-refractivity contribution in [2.75, 3.05) is 5.32 Å². The van der Waals surface area contributed by atoms with Crippen molar-refractivity contribution in [2.45, 2.75) is 0 Å². The zero-order valence-corrected chi connectivity index (χ0v) is 17.6. The second-order valence-corrected chi connectivity index (χ2v) is 7.79. The number of nitrogens with one attached hydrogen (secondary N) is 1. The van der Waals surface area contributed by atoms with Gasteiger partial charge in [0.1, 0.15) is 17.2 Å². The average Bonchev–Trinajstić information content (AvgIpc) is 2.85. The molecule has 0 saturated heterocycles. The summed E-state index contributed by atoms with van der Waals surface area (Å²) in [6.45, 7) is 0. The first-order chi connectivity index (χ1) is 16.4. The Morgan fingerprint density at radius 2 is 1.03 bits per heavy atom. The van der Waals surface area contributed by atoms with Gasteiger partial charge in [-0.2, -0.15) is 0 Å². The third kappa shape index (κ3) is 3.27. The maximum Gasteiger partial charge on any atom is 0.202 e. The lowest BCUT2D eigenvalue weighted by molar-refractivity contribution is 0.0972. The van der Waals surface area contributed by atoms with E-state index in [1.54, 1.807) is 48.5 Å². The molecule has 7 nitrogen and oxygen atoms in total. The smallest absolute Gasteiger partial charge is 0.202 e. The summed E-state index contributed by atoms with van der Waals surface area (Å²) in [6, 6.07) is 20.4. The molecule has 0 aliphatic heterocycles. The number of carbonyl (C=O) groups is 3. The Bertz CT molecular complexity index is 1490. The summed E-state index contributed by atoms with van der Waals surface area (Å²) in [5.41, 5.74) is 0.725. The van der Waals surface area contributed by atoms with Crippen LogP contribution in [-0.4, -0.2) is 32.7 Å². The highest BCUT2D eigenvalue weighted by Crippen LogP contribution is 2.43. The van der Waals surface area contributed by atoms with Crippen LogP contribution in [0.3, 0.4) is 0 Å². The standard InChI is InChI=1S/C27H17NO6/c29-18-11-10-17(21-22(18)27(34)24-20(31)13-12-19(30)23(24)26(21)33)28-16-8-6-15(7-9-16)25(32)14-4-2-1-3-5-14/h1-13,28-31H. The lowest BCUT2D eigenvalue weighted by Gasteiger charge is -2.23. The molecule has 7 heteroatoms. The minimum absolute atomic E-state index is 0.122. The molecule has 0 spiro atoms. The van der Waals surface area contributed by atoms with Gasteiger partial charge in [0, 0.05) is 16.8 Å². The fourth-order valence-electron chi connectivity index (χ4n) is 4.07. The van der Waals surface area contributed by atoms with E-state index in [9.17, 15) is 29.7 Å². The first-order valence-corrected chi connectivity index (χ1v) is 10.3. The predicted octanol–water partition coefficient (Wildman–Crippen LogP) is 4.55. The molecule has 0 saturated carbocycles. The number of aromatic hydroxyl groups is 3. The summed E-state index contributed by atoms with van der Waals surface area (Å²) in [6.07, 6.45) is 0. The van der Waals surface area contributed by atoms with Crippen LogP contribution >= 0.6 is 0 Å². The highest BCUT2D eigenvalue weighted by Gasteiger charge is 2.38. The highest BCUT2D eigenvalue weighted by atomic mass is 16.3. The highest BCUT2D eigenvalue weighted by molar-refractivity contribution is 6.32. The monoisotopic (exact) mass is 451 g/mol. The zero-order valence-electron chi connectivity index (χ0n) is 17.6. The maximum atomic E-state index is 13.3. The minimum Gasteiger partial charge on any atom is -0.507 e. The molecule has 166 valence electrons. The molecule has 1 aliphatic carbocycles. The number of hydrogen-bond donors (Lipinski definition) is 4. The van der Waals surface area contributed by atoms with Crippen LogP contribution in [0.4, 0.5) is 11.4 Å². The van der Waals surface area contributed by atoms with Gasteiger partial charge in [-0.1, -0.05) is 30.3 Å². The number of ketones is 3. The molecule has 4 aromatic carbocycles. The molecule has 0 atom stereocenters. The second kappa shape index (κ2) is 7.90. The molecule has 34 heavy (non-hydrogen) atoms. The van der Waals surface area contributed by atoms with Crippen LogP contribution in [0, 0.1) is 0 Å². The van der Waals surface area contributed by atoms with E-state index in [-0.39, 0.29) is 33.7 Å². The molecule has 0 heterocycles. The van der Waals surface area contributed by atoms with Crippen molar-refractivity contribution in [3.05, 3.63) is 112 Å². The van der Waals surface area contributed by atoms with Gasteiger partial charge in [0.15, 0.2) is 5.78 Å². The third-order valence-electron chi connectivity index (χ3n) is 5.72. The summed E-state index contributed by atoms with van der Waals surface area (Å²) in [5, 5.41) is 33.7. The van der Waals surface area contributed by atoms with Crippen LogP contribution in [0.2, 0.25) is 0 Å². The zero-order chi connectivity index (χ0) is 24.0. The van der Waals surface area contributed by atoms with Gasteiger partial charge in [-0.25, -0.2) is 0 Å². The van der Waals surface area contributed by atoms with Gasteiger partial charge < -0.3 is 20.6 Å². The van der Waals surface area contributed by atoms with Crippen LogP contribution in [0.25, 0.3) is 0 Å². The van der Waals surface area contributed by atoms with E-state index in [1.165, 1.54) is 12.1 Å². The van der Waals surface area contributed by atoms with Gasteiger partial charge in [0.25, 0.3) is 0 Å². The van der Waals surface area contributed by atoms with Gasteiger partial charge in [-0.05, 0) is 48.5 Å². The second-order valence-electron chi connectivity index (χ2n) is 7.79. The summed E-state index contributed by atoms with van der Waals surface area (Å²) in [7, 11) is 0. The van der Waals surface area contributed by atoms with E-state index in [1.807, 2.05) is 6.07 Å². The van der Waals surface area contributed by atoms with Crippen LogP contribution in [0.5, 0.6) is 17.2 Å². The fraction of sp³-hybridized carbons (Fsp3) is 0. The lowest BCUT2D eigenvalue weighted by Crippen LogP contribution is -2.22. The average molecular weight is 451 g/mol. The number of fused-ring (bicyclic) bond motifs is 2. The van der Waals surface area contributed by atoms with Crippen molar-refractivity contribution >= 4 is 28.7 Å². The number of phenolic OH excluding ortho intramolecular Hbond substituents is 3. The Kier molecular flexibility index (Phi) is 4.87. The Hall–Kier alpha value is -4.91. The number of benzene rings is 4. The molecule has 0 amide bonds. The van der Waals surface area contributed by atoms with Crippen molar-refractivity contribution in [1.82, 2.24) is 0 Å². The molecule has 4 N–H and O–H groups in total. The minimum atomic E-state index is -0.775. The molecule has 1 aliphatic rings. The van der Waals surface area contributed by atoms with Crippen LogP contribution in [0.15, 0.2) is 78.9 Å². The van der Waals surface area contributed by atoms with E-state index in [2.05, 4.69) is 5.32 Å². The SMILES string of the molecule is O=C(c1ccccc1)c1ccc(Nc2ccc(O)c3c2C(=O)c2c(O)ccc(O)c2C3=O)cc1. The molecule has 0 bridgehead atoms. The van der Waals surface area contributed by atoms with Crippen molar-refractivity contribution in [1.29, 1.82) is 0 Å². The van der Waals surface area contributed by atoms with Crippen molar-refractivity contribution < 1.29 is 29.7 Å². The number of hydrogen-bond acceptors (Lipinski definition) is 7. The number of rotatable bonds is 4. The van der Waals surface area contributed by atoms with Gasteiger partial charge in [0.2, 0.25) is 11.6 Å². The summed E-state index contributed by atoms with van der Waals surface area (Å²) in [4.78, 5) is 39.0. The van der Waals surface area contributed by atoms with Crippen LogP contribution in [-0.2, 0) is 0 Å². The van der Waals surface area contributed by atoms with Gasteiger partial charge in [-0.15, -0.1) is 0 Å². The molecular weight excluding hydrogens is 434 g/mol. The maximum absolute atomic E-state index is 13.3. The van der Waals surface area contributed by atoms with Crippen LogP contribution in [0.1, 0.15) is 47.8 Å². The normalized spacial score (nSPS) is 12.1. The van der Waals surface area contributed by atoms with E-state index in [4.69, 9.17) is 0 Å². The fourth-order valence-corrected chi connectivity index (χ4v) is 4.07. The Morgan fingerprint density at radius 3 is 1.62 bits per heavy atom.